The monoisotopic (exact) mass is 306 g/mol. The van der Waals surface area contributed by atoms with E-state index >= 15 is 0 Å². The Morgan fingerprint density at radius 2 is 2.43 bits per heavy atom. The molecule has 1 saturated heterocycles. The first-order valence-electron chi connectivity index (χ1n) is 7.29. The largest absolute Gasteiger partial charge is 0.378 e. The van der Waals surface area contributed by atoms with E-state index in [1.807, 2.05) is 23.1 Å². The number of hydrogen-bond donors (Lipinski definition) is 2. The number of amidine groups is 1. The predicted molar refractivity (Wildman–Crippen MR) is 85.0 cm³/mol. The van der Waals surface area contributed by atoms with Crippen LogP contribution in [0.15, 0.2) is 23.2 Å². The van der Waals surface area contributed by atoms with E-state index in [4.69, 9.17) is 11.6 Å². The third-order valence-electron chi connectivity index (χ3n) is 3.99. The summed E-state index contributed by atoms with van der Waals surface area (Å²) in [6, 6.07) is 5.96. The molecular formula is C15H19ClN4O. The van der Waals surface area contributed by atoms with Gasteiger partial charge in [-0.3, -0.25) is 9.79 Å². The smallest absolute Gasteiger partial charge is 0.210 e. The predicted octanol–water partition coefficient (Wildman–Crippen LogP) is 2.05. The van der Waals surface area contributed by atoms with E-state index in [0.29, 0.717) is 11.6 Å². The highest BCUT2D eigenvalue weighted by Gasteiger charge is 2.26. The number of carbonyl (C=O) groups excluding carboxylic acids is 1. The van der Waals surface area contributed by atoms with Gasteiger partial charge < -0.3 is 15.5 Å². The van der Waals surface area contributed by atoms with Gasteiger partial charge in [0.05, 0.1) is 19.1 Å². The summed E-state index contributed by atoms with van der Waals surface area (Å²) < 4.78 is 0. The lowest BCUT2D eigenvalue weighted by Gasteiger charge is -2.23. The lowest BCUT2D eigenvalue weighted by atomic mass is 10.0. The van der Waals surface area contributed by atoms with Gasteiger partial charge in [0.25, 0.3) is 0 Å². The van der Waals surface area contributed by atoms with Crippen molar-refractivity contribution in [3.63, 3.8) is 0 Å². The molecule has 6 heteroatoms. The van der Waals surface area contributed by atoms with E-state index in [0.717, 1.165) is 56.0 Å². The van der Waals surface area contributed by atoms with Crippen molar-refractivity contribution in [3.05, 3.63) is 28.8 Å². The minimum absolute atomic E-state index is 0.140. The molecule has 0 saturated carbocycles. The third-order valence-corrected chi connectivity index (χ3v) is 4.23. The Hall–Kier alpha value is -1.75. The summed E-state index contributed by atoms with van der Waals surface area (Å²) in [5, 5.41) is 7.33. The van der Waals surface area contributed by atoms with E-state index < -0.39 is 0 Å². The Morgan fingerprint density at radius 3 is 3.19 bits per heavy atom. The van der Waals surface area contributed by atoms with Crippen LogP contribution in [-0.2, 0) is 4.79 Å². The third kappa shape index (κ3) is 3.13. The van der Waals surface area contributed by atoms with Crippen molar-refractivity contribution in [1.29, 1.82) is 0 Å². The van der Waals surface area contributed by atoms with Crippen molar-refractivity contribution >= 4 is 29.5 Å². The number of hydrogen-bond acceptors (Lipinski definition) is 4. The van der Waals surface area contributed by atoms with Gasteiger partial charge in [-0.15, -0.1) is 0 Å². The molecule has 3 rings (SSSR count). The zero-order chi connectivity index (χ0) is 14.7. The Kier molecular flexibility index (Phi) is 4.29. The number of nitrogens with one attached hydrogen (secondary N) is 2. The number of halogens is 1. The number of nitrogens with zero attached hydrogens (tertiary/aromatic N) is 2. The summed E-state index contributed by atoms with van der Waals surface area (Å²) in [6.07, 6.45) is 2.98. The van der Waals surface area contributed by atoms with E-state index in [-0.39, 0.29) is 6.04 Å². The van der Waals surface area contributed by atoms with Gasteiger partial charge >= 0.3 is 0 Å². The number of carbonyl (C=O) groups is 1. The van der Waals surface area contributed by atoms with Crippen LogP contribution in [0.5, 0.6) is 0 Å². The number of benzene rings is 1. The van der Waals surface area contributed by atoms with Crippen LogP contribution in [0.3, 0.4) is 0 Å². The maximum absolute atomic E-state index is 11.2. The number of likely N-dealkylation sites (tertiary alicyclic amines) is 1. The molecule has 5 nitrogen and oxygen atoms in total. The quantitative estimate of drug-likeness (QED) is 0.819. The van der Waals surface area contributed by atoms with Gasteiger partial charge in [-0.1, -0.05) is 17.7 Å². The lowest BCUT2D eigenvalue weighted by molar-refractivity contribution is -0.118. The SMILES string of the molecule is O=CN1CCCC1c1ccc(Cl)cc1NCC1=NCCN1. The maximum Gasteiger partial charge on any atom is 0.210 e. The van der Waals surface area contributed by atoms with Crippen molar-refractivity contribution in [2.75, 3.05) is 31.5 Å². The number of amides is 1. The molecule has 0 aromatic heterocycles. The molecule has 112 valence electrons. The van der Waals surface area contributed by atoms with Gasteiger partial charge in [-0.2, -0.15) is 0 Å². The summed E-state index contributed by atoms with van der Waals surface area (Å²) in [5.41, 5.74) is 2.11. The topological polar surface area (TPSA) is 56.7 Å². The first-order chi connectivity index (χ1) is 10.3. The van der Waals surface area contributed by atoms with E-state index in [9.17, 15) is 4.79 Å². The summed E-state index contributed by atoms with van der Waals surface area (Å²) >= 11 is 6.12. The average Bonchev–Trinajstić information content (AvgIpc) is 3.16. The Labute approximate surface area is 129 Å². The fourth-order valence-electron chi connectivity index (χ4n) is 2.97. The van der Waals surface area contributed by atoms with Crippen LogP contribution in [0.25, 0.3) is 0 Å². The molecule has 2 N–H and O–H groups in total. The highest BCUT2D eigenvalue weighted by molar-refractivity contribution is 6.30. The second-order valence-electron chi connectivity index (χ2n) is 5.34. The molecule has 0 bridgehead atoms. The van der Waals surface area contributed by atoms with Crippen LogP contribution in [0.4, 0.5) is 5.69 Å². The average molecular weight is 307 g/mol. The van der Waals surface area contributed by atoms with E-state index in [2.05, 4.69) is 15.6 Å². The zero-order valence-corrected chi connectivity index (χ0v) is 12.6. The van der Waals surface area contributed by atoms with Crippen molar-refractivity contribution in [3.8, 4) is 0 Å². The molecular weight excluding hydrogens is 288 g/mol. The van der Waals surface area contributed by atoms with Crippen LogP contribution in [0.1, 0.15) is 24.4 Å². The van der Waals surface area contributed by atoms with Gasteiger partial charge in [-0.05, 0) is 30.5 Å². The van der Waals surface area contributed by atoms with Crippen LogP contribution >= 0.6 is 11.6 Å². The van der Waals surface area contributed by atoms with Crippen LogP contribution in [0, 0.1) is 0 Å². The van der Waals surface area contributed by atoms with Gasteiger partial charge in [0.15, 0.2) is 0 Å². The summed E-state index contributed by atoms with van der Waals surface area (Å²) in [6.45, 7) is 3.22. The molecule has 2 heterocycles. The molecule has 1 atom stereocenters. The van der Waals surface area contributed by atoms with Crippen LogP contribution in [-0.4, -0.2) is 43.3 Å². The summed E-state index contributed by atoms with van der Waals surface area (Å²) in [5.74, 6) is 0.972. The molecule has 1 amide bonds. The molecule has 1 unspecified atom stereocenters. The molecule has 0 radical (unpaired) electrons. The van der Waals surface area contributed by atoms with Crippen molar-refractivity contribution in [1.82, 2.24) is 10.2 Å². The molecule has 1 aromatic rings. The molecule has 2 aliphatic rings. The number of anilines is 1. The Morgan fingerprint density at radius 1 is 1.52 bits per heavy atom. The van der Waals surface area contributed by atoms with Crippen molar-refractivity contribution in [2.24, 2.45) is 4.99 Å². The number of aliphatic imine (C=N–C) groups is 1. The fraction of sp³-hybridized carbons (Fsp3) is 0.467. The number of rotatable bonds is 5. The highest BCUT2D eigenvalue weighted by Crippen LogP contribution is 2.36. The first-order valence-corrected chi connectivity index (χ1v) is 7.67. The maximum atomic E-state index is 11.2. The van der Waals surface area contributed by atoms with Gasteiger partial charge in [0, 0.05) is 23.8 Å². The summed E-state index contributed by atoms with van der Waals surface area (Å²) in [4.78, 5) is 17.4. The standard InChI is InChI=1S/C15H19ClN4O/c16-11-3-4-12(14-2-1-7-20(14)10-21)13(8-11)19-9-15-17-5-6-18-15/h3-4,8,10,14,19H,1-2,5-7,9H2,(H,17,18). The lowest BCUT2D eigenvalue weighted by Crippen LogP contribution is -2.27. The molecule has 21 heavy (non-hydrogen) atoms. The van der Waals surface area contributed by atoms with Crippen LogP contribution in [0.2, 0.25) is 5.02 Å². The van der Waals surface area contributed by atoms with Gasteiger partial charge in [0.2, 0.25) is 6.41 Å². The van der Waals surface area contributed by atoms with Crippen LogP contribution < -0.4 is 10.6 Å². The van der Waals surface area contributed by atoms with Gasteiger partial charge in [-0.25, -0.2) is 0 Å². The molecule has 1 aromatic carbocycles. The van der Waals surface area contributed by atoms with Crippen molar-refractivity contribution in [2.45, 2.75) is 18.9 Å². The Bertz CT molecular complexity index is 561. The zero-order valence-electron chi connectivity index (χ0n) is 11.8. The fourth-order valence-corrected chi connectivity index (χ4v) is 3.14. The minimum atomic E-state index is 0.140. The summed E-state index contributed by atoms with van der Waals surface area (Å²) in [7, 11) is 0. The molecule has 2 aliphatic heterocycles. The molecule has 1 fully saturated rings. The van der Waals surface area contributed by atoms with E-state index in [1.54, 1.807) is 0 Å². The second kappa shape index (κ2) is 6.35. The second-order valence-corrected chi connectivity index (χ2v) is 5.78. The molecule has 0 aliphatic carbocycles. The Balaban J connectivity index is 1.80. The van der Waals surface area contributed by atoms with Gasteiger partial charge in [0.1, 0.15) is 5.84 Å². The minimum Gasteiger partial charge on any atom is -0.378 e. The molecule has 0 spiro atoms. The van der Waals surface area contributed by atoms with E-state index in [1.165, 1.54) is 0 Å². The van der Waals surface area contributed by atoms with Crippen molar-refractivity contribution < 1.29 is 4.79 Å². The normalized spacial score (nSPS) is 21.1. The first kappa shape index (κ1) is 14.2. The highest BCUT2D eigenvalue weighted by atomic mass is 35.5.